The van der Waals surface area contributed by atoms with Gasteiger partial charge in [0.2, 0.25) is 0 Å². The van der Waals surface area contributed by atoms with Crippen molar-refractivity contribution in [2.45, 2.75) is 40.7 Å². The van der Waals surface area contributed by atoms with Crippen molar-refractivity contribution in [3.63, 3.8) is 0 Å². The Balaban J connectivity index is 0.000000686. The molecule has 3 nitrogen and oxygen atoms in total. The minimum atomic E-state index is 0.906. The smallest absolute Gasteiger partial charge is 0.0924 e. The lowest BCUT2D eigenvalue weighted by atomic mass is 10.0. The Labute approximate surface area is 104 Å². The van der Waals surface area contributed by atoms with E-state index >= 15 is 0 Å². The summed E-state index contributed by atoms with van der Waals surface area (Å²) < 4.78 is 0. The van der Waals surface area contributed by atoms with Crippen LogP contribution in [0.4, 0.5) is 0 Å². The minimum absolute atomic E-state index is 0.906. The van der Waals surface area contributed by atoms with Crippen LogP contribution in [0.15, 0.2) is 18.9 Å². The van der Waals surface area contributed by atoms with E-state index in [2.05, 4.69) is 28.3 Å². The molecule has 2 rings (SSSR count). The summed E-state index contributed by atoms with van der Waals surface area (Å²) in [5, 5.41) is 7.41. The Bertz CT molecular complexity index is 415. The molecule has 0 amide bonds. The monoisotopic (exact) mass is 233 g/mol. The van der Waals surface area contributed by atoms with Crippen molar-refractivity contribution >= 4 is 5.57 Å². The van der Waals surface area contributed by atoms with Gasteiger partial charge in [0.1, 0.15) is 0 Å². The first-order valence-corrected chi connectivity index (χ1v) is 6.22. The predicted molar refractivity (Wildman–Crippen MR) is 73.6 cm³/mol. The minimum Gasteiger partial charge on any atom is -0.371 e. The van der Waals surface area contributed by atoms with Gasteiger partial charge in [0.25, 0.3) is 0 Å². The normalized spacial score (nSPS) is 13.5. The molecule has 1 aromatic rings. The third kappa shape index (κ3) is 2.78. The van der Waals surface area contributed by atoms with Gasteiger partial charge in [-0.3, -0.25) is 5.10 Å². The summed E-state index contributed by atoms with van der Waals surface area (Å²) >= 11 is 0. The van der Waals surface area contributed by atoms with E-state index in [9.17, 15) is 0 Å². The molecule has 3 heteroatoms. The second kappa shape index (κ2) is 5.71. The van der Waals surface area contributed by atoms with E-state index in [1.54, 1.807) is 0 Å². The fourth-order valence-corrected chi connectivity index (χ4v) is 1.97. The molecule has 0 aromatic carbocycles. The van der Waals surface area contributed by atoms with Crippen molar-refractivity contribution < 1.29 is 0 Å². The summed E-state index contributed by atoms with van der Waals surface area (Å²) in [5.41, 5.74) is 5.71. The van der Waals surface area contributed by atoms with Gasteiger partial charge in [0.15, 0.2) is 0 Å². The van der Waals surface area contributed by atoms with Gasteiger partial charge in [-0.25, -0.2) is 0 Å². The number of fused-ring (bicyclic) bond motifs is 1. The van der Waals surface area contributed by atoms with Crippen LogP contribution >= 0.6 is 0 Å². The fourth-order valence-electron chi connectivity index (χ4n) is 1.97. The number of aromatic amines is 1. The fraction of sp³-hybridized carbons (Fsp3) is 0.500. The summed E-state index contributed by atoms with van der Waals surface area (Å²) in [6, 6.07) is 0. The van der Waals surface area contributed by atoms with Gasteiger partial charge < -0.3 is 4.90 Å². The molecule has 0 radical (unpaired) electrons. The highest BCUT2D eigenvalue weighted by atomic mass is 15.2. The molecule has 0 bridgehead atoms. The van der Waals surface area contributed by atoms with Crippen LogP contribution in [-0.4, -0.2) is 21.6 Å². The van der Waals surface area contributed by atoms with Crippen molar-refractivity contribution in [3.8, 4) is 0 Å². The highest BCUT2D eigenvalue weighted by Crippen LogP contribution is 2.25. The molecule has 1 N–H and O–H groups in total. The Morgan fingerprint density at radius 3 is 2.47 bits per heavy atom. The molecule has 0 aliphatic carbocycles. The lowest BCUT2D eigenvalue weighted by Gasteiger charge is -2.29. The lowest BCUT2D eigenvalue weighted by Crippen LogP contribution is -2.28. The number of nitrogens with one attached hydrogen (secondary N) is 1. The molecule has 1 aliphatic rings. The first-order chi connectivity index (χ1) is 8.09. The molecule has 94 valence electrons. The maximum Gasteiger partial charge on any atom is 0.0924 e. The van der Waals surface area contributed by atoms with Gasteiger partial charge in [0, 0.05) is 36.5 Å². The van der Waals surface area contributed by atoms with E-state index in [0.717, 1.165) is 36.5 Å². The molecular formula is C14H23N3. The topological polar surface area (TPSA) is 31.9 Å². The third-order valence-electron chi connectivity index (χ3n) is 2.88. The van der Waals surface area contributed by atoms with Crippen LogP contribution in [0, 0.1) is 0 Å². The predicted octanol–water partition coefficient (Wildman–Crippen LogP) is 3.36. The zero-order valence-corrected chi connectivity index (χ0v) is 11.4. The zero-order valence-electron chi connectivity index (χ0n) is 11.4. The summed E-state index contributed by atoms with van der Waals surface area (Å²) in [6.45, 7) is 17.9. The van der Waals surface area contributed by atoms with E-state index in [0.29, 0.717) is 0 Å². The van der Waals surface area contributed by atoms with Crippen molar-refractivity contribution in [2.24, 2.45) is 0 Å². The van der Waals surface area contributed by atoms with Crippen LogP contribution in [0.25, 0.3) is 5.57 Å². The van der Waals surface area contributed by atoms with Crippen LogP contribution in [0.2, 0.25) is 0 Å². The van der Waals surface area contributed by atoms with E-state index in [-0.39, 0.29) is 0 Å². The molecule has 0 spiro atoms. The van der Waals surface area contributed by atoms with E-state index in [4.69, 9.17) is 0 Å². The van der Waals surface area contributed by atoms with Gasteiger partial charge >= 0.3 is 0 Å². The Morgan fingerprint density at radius 1 is 1.29 bits per heavy atom. The number of allylic oxidation sites excluding steroid dienone is 2. The van der Waals surface area contributed by atoms with Crippen LogP contribution in [0.5, 0.6) is 0 Å². The Hall–Kier alpha value is -1.51. The lowest BCUT2D eigenvalue weighted by molar-refractivity contribution is 0.323. The number of nitrogens with zero attached hydrogens (tertiary/aromatic N) is 2. The second-order valence-corrected chi connectivity index (χ2v) is 4.22. The van der Waals surface area contributed by atoms with Gasteiger partial charge in [-0.15, -0.1) is 0 Å². The van der Waals surface area contributed by atoms with Gasteiger partial charge in [-0.1, -0.05) is 27.0 Å². The Morgan fingerprint density at radius 2 is 1.94 bits per heavy atom. The van der Waals surface area contributed by atoms with Crippen LogP contribution < -0.4 is 0 Å². The molecule has 17 heavy (non-hydrogen) atoms. The molecular weight excluding hydrogens is 210 g/mol. The van der Waals surface area contributed by atoms with Gasteiger partial charge in [-0.05, 0) is 19.4 Å². The van der Waals surface area contributed by atoms with Crippen molar-refractivity contribution in [1.82, 2.24) is 15.1 Å². The molecule has 1 aliphatic heterocycles. The number of H-pyrrole nitrogens is 1. The highest BCUT2D eigenvalue weighted by molar-refractivity contribution is 5.62. The third-order valence-corrected chi connectivity index (χ3v) is 2.88. The highest BCUT2D eigenvalue weighted by Gasteiger charge is 2.21. The SMILES string of the molecule is C=C(C)c1n[nH]c2c1CN(C(=C)C)CC2.CC. The van der Waals surface area contributed by atoms with Gasteiger partial charge in [-0.2, -0.15) is 5.10 Å². The van der Waals surface area contributed by atoms with E-state index in [1.807, 2.05) is 27.7 Å². The molecule has 2 heterocycles. The van der Waals surface area contributed by atoms with Crippen molar-refractivity contribution in [2.75, 3.05) is 6.54 Å². The van der Waals surface area contributed by atoms with Crippen molar-refractivity contribution in [1.29, 1.82) is 0 Å². The molecule has 0 saturated heterocycles. The first kappa shape index (κ1) is 13.6. The largest absolute Gasteiger partial charge is 0.371 e. The van der Waals surface area contributed by atoms with E-state index in [1.165, 1.54) is 11.3 Å². The molecule has 0 unspecified atom stereocenters. The van der Waals surface area contributed by atoms with Crippen molar-refractivity contribution in [3.05, 3.63) is 35.8 Å². The summed E-state index contributed by atoms with van der Waals surface area (Å²) in [5.74, 6) is 0. The van der Waals surface area contributed by atoms with Crippen LogP contribution in [0.3, 0.4) is 0 Å². The van der Waals surface area contributed by atoms with Gasteiger partial charge in [0.05, 0.1) is 5.69 Å². The summed E-state index contributed by atoms with van der Waals surface area (Å²) in [4.78, 5) is 2.28. The van der Waals surface area contributed by atoms with Crippen LogP contribution in [-0.2, 0) is 13.0 Å². The summed E-state index contributed by atoms with van der Waals surface area (Å²) in [6.07, 6.45) is 1.02. The summed E-state index contributed by atoms with van der Waals surface area (Å²) in [7, 11) is 0. The first-order valence-electron chi connectivity index (χ1n) is 6.22. The average molecular weight is 233 g/mol. The quantitative estimate of drug-likeness (QED) is 0.849. The maximum absolute atomic E-state index is 4.31. The molecule has 0 saturated carbocycles. The van der Waals surface area contributed by atoms with E-state index < -0.39 is 0 Å². The molecule has 0 fully saturated rings. The number of aromatic nitrogens is 2. The standard InChI is InChI=1S/C12H17N3.C2H6/c1-8(2)12-10-7-15(9(3)4)6-5-11(10)13-14-12;1-2/h1,3,5-7H2,2,4H3,(H,13,14);1-2H3. The van der Waals surface area contributed by atoms with Crippen LogP contribution in [0.1, 0.15) is 44.6 Å². The second-order valence-electron chi connectivity index (χ2n) is 4.22. The zero-order chi connectivity index (χ0) is 13.0. The number of rotatable bonds is 2. The maximum atomic E-state index is 4.31. The molecule has 0 atom stereocenters. The number of hydrogen-bond acceptors (Lipinski definition) is 2. The Kier molecular flexibility index (Phi) is 4.55. The number of hydrogen-bond donors (Lipinski definition) is 1. The average Bonchev–Trinajstić information content (AvgIpc) is 2.74. The molecule has 1 aromatic heterocycles.